The van der Waals surface area contributed by atoms with Crippen molar-refractivity contribution in [2.75, 3.05) is 45.7 Å². The molecule has 1 aromatic carbocycles. The van der Waals surface area contributed by atoms with Crippen molar-refractivity contribution in [3.63, 3.8) is 0 Å². The third-order valence-corrected chi connectivity index (χ3v) is 6.88. The van der Waals surface area contributed by atoms with Crippen molar-refractivity contribution in [2.45, 2.75) is 19.6 Å². The Morgan fingerprint density at radius 3 is 2.56 bits per heavy atom. The molecule has 5 rings (SSSR count). The first kappa shape index (κ1) is 28.1. The number of likely N-dealkylation sites (N-methyl/N-ethyl adjacent to an activating group) is 1. The third kappa shape index (κ3) is 6.48. The fraction of sp³-hybridized carbons (Fsp3) is 0.310. The van der Waals surface area contributed by atoms with Gasteiger partial charge in [0, 0.05) is 56.2 Å². The van der Waals surface area contributed by atoms with E-state index in [0.717, 1.165) is 19.2 Å². The molecule has 4 aromatic rings. The zero-order valence-electron chi connectivity index (χ0n) is 22.8. The predicted octanol–water partition coefficient (Wildman–Crippen LogP) is 3.86. The standard InChI is InChI=1S/C29H28F3N7O2/c1-19-20(5-7-24-17-34-26-8-9-27(41-3)36-39(24)26)14-22(16-33-19)28(40)35-23-6-4-21(25(15-23)29(30,31)32)18-38-12-10-37(2)11-13-38/h4,6,8-9,14-17H,10-13,18H2,1-3H3,(H,35,40). The van der Waals surface area contributed by atoms with Crippen molar-refractivity contribution in [2.24, 2.45) is 0 Å². The number of rotatable bonds is 5. The number of anilines is 1. The van der Waals surface area contributed by atoms with Crippen LogP contribution in [0.2, 0.25) is 0 Å². The number of carbonyl (C=O) groups is 1. The van der Waals surface area contributed by atoms with Crippen LogP contribution >= 0.6 is 0 Å². The minimum absolute atomic E-state index is 0.0448. The van der Waals surface area contributed by atoms with Crippen LogP contribution in [0.1, 0.15) is 38.4 Å². The lowest BCUT2D eigenvalue weighted by Gasteiger charge is -2.33. The summed E-state index contributed by atoms with van der Waals surface area (Å²) in [7, 11) is 3.50. The van der Waals surface area contributed by atoms with Gasteiger partial charge < -0.3 is 15.0 Å². The van der Waals surface area contributed by atoms with Crippen LogP contribution in [0.5, 0.6) is 5.88 Å². The number of methoxy groups -OCH3 is 1. The molecule has 9 nitrogen and oxygen atoms in total. The summed E-state index contributed by atoms with van der Waals surface area (Å²) >= 11 is 0. The van der Waals surface area contributed by atoms with Gasteiger partial charge in [-0.25, -0.2) is 9.50 Å². The number of nitrogens with one attached hydrogen (secondary N) is 1. The lowest BCUT2D eigenvalue weighted by Crippen LogP contribution is -2.44. The molecule has 0 bridgehead atoms. The first-order chi connectivity index (χ1) is 19.6. The van der Waals surface area contributed by atoms with Gasteiger partial charge in [0.1, 0.15) is 5.69 Å². The molecule has 1 amide bonds. The Labute approximate surface area is 235 Å². The second-order valence-electron chi connectivity index (χ2n) is 9.80. The molecule has 1 fully saturated rings. The number of amides is 1. The molecule has 0 unspecified atom stereocenters. The van der Waals surface area contributed by atoms with Crippen molar-refractivity contribution in [3.05, 3.63) is 82.4 Å². The van der Waals surface area contributed by atoms with Gasteiger partial charge in [-0.2, -0.15) is 13.2 Å². The Kier molecular flexibility index (Phi) is 7.92. The first-order valence-electron chi connectivity index (χ1n) is 12.9. The molecule has 4 heterocycles. The summed E-state index contributed by atoms with van der Waals surface area (Å²) in [6.45, 7) is 4.93. The quantitative estimate of drug-likeness (QED) is 0.369. The third-order valence-electron chi connectivity index (χ3n) is 6.88. The number of fused-ring (bicyclic) bond motifs is 1. The summed E-state index contributed by atoms with van der Waals surface area (Å²) in [5, 5.41) is 6.89. The number of benzene rings is 1. The number of hydrogen-bond donors (Lipinski definition) is 1. The van der Waals surface area contributed by atoms with E-state index in [-0.39, 0.29) is 23.4 Å². The van der Waals surface area contributed by atoms with Gasteiger partial charge in [-0.1, -0.05) is 12.0 Å². The van der Waals surface area contributed by atoms with E-state index in [4.69, 9.17) is 4.74 Å². The van der Waals surface area contributed by atoms with E-state index >= 15 is 0 Å². The molecule has 1 aliphatic rings. The molecule has 1 N–H and O–H groups in total. The molecular formula is C29H28F3N7O2. The molecule has 0 saturated carbocycles. The van der Waals surface area contributed by atoms with Crippen molar-refractivity contribution < 1.29 is 22.7 Å². The molecule has 12 heteroatoms. The average Bonchev–Trinajstić information content (AvgIpc) is 3.36. The highest BCUT2D eigenvalue weighted by atomic mass is 19.4. The van der Waals surface area contributed by atoms with Crippen LogP contribution in [0.25, 0.3) is 5.65 Å². The van der Waals surface area contributed by atoms with Gasteiger partial charge in [0.2, 0.25) is 5.88 Å². The summed E-state index contributed by atoms with van der Waals surface area (Å²) in [5.74, 6) is 5.78. The lowest BCUT2D eigenvalue weighted by atomic mass is 10.0. The van der Waals surface area contributed by atoms with Gasteiger partial charge >= 0.3 is 6.18 Å². The van der Waals surface area contributed by atoms with Crippen molar-refractivity contribution in [1.82, 2.24) is 29.4 Å². The number of nitrogens with zero attached hydrogens (tertiary/aromatic N) is 6. The number of pyridine rings is 1. The zero-order valence-corrected chi connectivity index (χ0v) is 22.8. The maximum absolute atomic E-state index is 14.0. The number of aryl methyl sites for hydroxylation is 1. The van der Waals surface area contributed by atoms with E-state index in [1.54, 1.807) is 31.3 Å². The van der Waals surface area contributed by atoms with Crippen molar-refractivity contribution >= 4 is 17.2 Å². The SMILES string of the molecule is COc1ccc2ncc(C#Cc3cc(C(=O)Nc4ccc(CN5CCN(C)CC5)c(C(F)(F)F)c4)cnc3C)n2n1. The summed E-state index contributed by atoms with van der Waals surface area (Å²) in [4.78, 5) is 25.7. The molecule has 1 aliphatic heterocycles. The number of piperazine rings is 1. The van der Waals surface area contributed by atoms with Gasteiger partial charge in [0.15, 0.2) is 5.65 Å². The Morgan fingerprint density at radius 2 is 1.83 bits per heavy atom. The minimum atomic E-state index is -4.56. The van der Waals surface area contributed by atoms with E-state index in [1.165, 1.54) is 30.0 Å². The highest BCUT2D eigenvalue weighted by Crippen LogP contribution is 2.34. The van der Waals surface area contributed by atoms with Crippen LogP contribution in [-0.2, 0) is 12.7 Å². The number of hydrogen-bond acceptors (Lipinski definition) is 7. The topological polar surface area (TPSA) is 87.9 Å². The molecule has 0 radical (unpaired) electrons. The second kappa shape index (κ2) is 11.6. The number of alkyl halides is 3. The van der Waals surface area contributed by atoms with Crippen LogP contribution in [0.15, 0.2) is 48.8 Å². The zero-order chi connectivity index (χ0) is 29.1. The molecular weight excluding hydrogens is 535 g/mol. The van der Waals surface area contributed by atoms with Crippen molar-refractivity contribution in [1.29, 1.82) is 0 Å². The molecule has 0 aliphatic carbocycles. The van der Waals surface area contributed by atoms with Gasteiger partial charge in [0.05, 0.1) is 30.1 Å². The van der Waals surface area contributed by atoms with Crippen LogP contribution < -0.4 is 10.1 Å². The van der Waals surface area contributed by atoms with Gasteiger partial charge in [-0.15, -0.1) is 5.10 Å². The lowest BCUT2D eigenvalue weighted by molar-refractivity contribution is -0.138. The Morgan fingerprint density at radius 1 is 1.05 bits per heavy atom. The van der Waals surface area contributed by atoms with Gasteiger partial charge in [-0.05, 0) is 49.7 Å². The van der Waals surface area contributed by atoms with Gasteiger partial charge in [0.25, 0.3) is 5.91 Å². The minimum Gasteiger partial charge on any atom is -0.480 e. The smallest absolute Gasteiger partial charge is 0.416 e. The van der Waals surface area contributed by atoms with E-state index in [2.05, 4.69) is 37.1 Å². The number of ether oxygens (including phenoxy) is 1. The van der Waals surface area contributed by atoms with Crippen molar-refractivity contribution in [3.8, 4) is 17.7 Å². The van der Waals surface area contributed by atoms with E-state index in [1.807, 2.05) is 11.9 Å². The summed E-state index contributed by atoms with van der Waals surface area (Å²) < 4.78 is 48.6. The Bertz CT molecular complexity index is 1650. The fourth-order valence-electron chi connectivity index (χ4n) is 4.47. The van der Waals surface area contributed by atoms with E-state index in [9.17, 15) is 18.0 Å². The maximum atomic E-state index is 14.0. The second-order valence-corrected chi connectivity index (χ2v) is 9.80. The molecule has 0 atom stereocenters. The predicted molar refractivity (Wildman–Crippen MR) is 147 cm³/mol. The van der Waals surface area contributed by atoms with Crippen LogP contribution in [-0.4, -0.2) is 75.6 Å². The summed E-state index contributed by atoms with van der Waals surface area (Å²) in [6.07, 6.45) is -1.63. The molecule has 3 aromatic heterocycles. The fourth-order valence-corrected chi connectivity index (χ4v) is 4.47. The monoisotopic (exact) mass is 563 g/mol. The average molecular weight is 564 g/mol. The maximum Gasteiger partial charge on any atom is 0.416 e. The Balaban J connectivity index is 1.35. The number of imidazole rings is 1. The normalized spacial score (nSPS) is 14.5. The number of carbonyl (C=O) groups excluding carboxylic acids is 1. The largest absolute Gasteiger partial charge is 0.480 e. The van der Waals surface area contributed by atoms with E-state index in [0.29, 0.717) is 41.6 Å². The molecule has 41 heavy (non-hydrogen) atoms. The Hall–Kier alpha value is -4.47. The summed E-state index contributed by atoms with van der Waals surface area (Å²) in [6, 6.07) is 8.89. The molecule has 212 valence electrons. The van der Waals surface area contributed by atoms with E-state index < -0.39 is 17.6 Å². The first-order valence-corrected chi connectivity index (χ1v) is 12.9. The van der Waals surface area contributed by atoms with Gasteiger partial charge in [-0.3, -0.25) is 14.7 Å². The number of halogens is 3. The summed E-state index contributed by atoms with van der Waals surface area (Å²) in [5.41, 5.74) is 1.77. The van der Waals surface area contributed by atoms with Crippen LogP contribution in [0.4, 0.5) is 18.9 Å². The number of aromatic nitrogens is 4. The molecule has 1 saturated heterocycles. The highest BCUT2D eigenvalue weighted by molar-refractivity contribution is 6.04. The van der Waals surface area contributed by atoms with Crippen LogP contribution in [0, 0.1) is 18.8 Å². The highest BCUT2D eigenvalue weighted by Gasteiger charge is 2.34. The molecule has 0 spiro atoms. The van der Waals surface area contributed by atoms with Crippen LogP contribution in [0.3, 0.4) is 0 Å².